The molecule has 0 aliphatic heterocycles. The van der Waals surface area contributed by atoms with Gasteiger partial charge in [-0.25, -0.2) is 0 Å². The zero-order chi connectivity index (χ0) is 20.6. The third-order valence-corrected chi connectivity index (χ3v) is 5.13. The van der Waals surface area contributed by atoms with Gasteiger partial charge in [0, 0.05) is 23.5 Å². The highest BCUT2D eigenvalue weighted by Crippen LogP contribution is 2.19. The van der Waals surface area contributed by atoms with E-state index in [9.17, 15) is 9.59 Å². The number of aromatic nitrogens is 1. The lowest BCUT2D eigenvalue weighted by molar-refractivity contribution is -0.148. The number of para-hydroxylation sites is 1. The van der Waals surface area contributed by atoms with Gasteiger partial charge in [-0.1, -0.05) is 49.4 Å². The molecule has 3 aromatic rings. The molecule has 5 heteroatoms. The predicted molar refractivity (Wildman–Crippen MR) is 115 cm³/mol. The minimum atomic E-state index is -0.347. The molecule has 2 N–H and O–H groups in total. The van der Waals surface area contributed by atoms with Crippen molar-refractivity contribution in [3.63, 3.8) is 0 Å². The molecule has 0 saturated heterocycles. The first-order chi connectivity index (χ1) is 14.1. The second-order valence-electron chi connectivity index (χ2n) is 7.26. The first-order valence-electron chi connectivity index (χ1n) is 10.2. The summed E-state index contributed by atoms with van der Waals surface area (Å²) in [6.07, 6.45) is 4.73. The minimum Gasteiger partial charge on any atom is -0.456 e. The van der Waals surface area contributed by atoms with Crippen molar-refractivity contribution in [1.82, 2.24) is 10.3 Å². The van der Waals surface area contributed by atoms with E-state index in [1.807, 2.05) is 43.5 Å². The van der Waals surface area contributed by atoms with Crippen molar-refractivity contribution in [3.05, 3.63) is 71.4 Å². The fourth-order valence-electron chi connectivity index (χ4n) is 3.39. The van der Waals surface area contributed by atoms with Crippen LogP contribution in [0.4, 0.5) is 0 Å². The van der Waals surface area contributed by atoms with Crippen LogP contribution in [-0.2, 0) is 27.2 Å². The van der Waals surface area contributed by atoms with E-state index in [-0.39, 0.29) is 24.5 Å². The molecule has 0 bridgehead atoms. The predicted octanol–water partition coefficient (Wildman–Crippen LogP) is 4.47. The average molecular weight is 392 g/mol. The molecule has 1 heterocycles. The smallest absolute Gasteiger partial charge is 0.306 e. The Morgan fingerprint density at radius 1 is 1.10 bits per heavy atom. The van der Waals surface area contributed by atoms with Gasteiger partial charge in [0.15, 0.2) is 6.61 Å². The molecule has 0 unspecified atom stereocenters. The molecule has 1 aromatic heterocycles. The number of hydrogen-bond acceptors (Lipinski definition) is 3. The van der Waals surface area contributed by atoms with E-state index in [0.717, 1.165) is 23.9 Å². The van der Waals surface area contributed by atoms with Crippen LogP contribution in [0.2, 0.25) is 0 Å². The highest BCUT2D eigenvalue weighted by atomic mass is 16.5. The monoisotopic (exact) mass is 392 g/mol. The quantitative estimate of drug-likeness (QED) is 0.528. The van der Waals surface area contributed by atoms with Crippen LogP contribution >= 0.6 is 0 Å². The van der Waals surface area contributed by atoms with Gasteiger partial charge in [0.1, 0.15) is 0 Å². The molecule has 0 aliphatic rings. The number of hydrogen-bond donors (Lipinski definition) is 2. The first kappa shape index (κ1) is 20.6. The van der Waals surface area contributed by atoms with E-state index in [1.54, 1.807) is 0 Å². The number of aromatic amines is 1. The van der Waals surface area contributed by atoms with Crippen LogP contribution in [0, 0.1) is 0 Å². The molecule has 0 fully saturated rings. The number of H-pyrrole nitrogens is 1. The first-order valence-corrected chi connectivity index (χ1v) is 10.2. The summed E-state index contributed by atoms with van der Waals surface area (Å²) in [7, 11) is 0. The number of fused-ring (bicyclic) bond motifs is 1. The van der Waals surface area contributed by atoms with Gasteiger partial charge in [0.05, 0.1) is 6.04 Å². The van der Waals surface area contributed by atoms with Crippen LogP contribution in [-0.4, -0.2) is 23.5 Å². The molecule has 2 aromatic carbocycles. The Morgan fingerprint density at radius 3 is 2.62 bits per heavy atom. The maximum Gasteiger partial charge on any atom is 0.306 e. The number of carbonyl (C=O) groups is 2. The summed E-state index contributed by atoms with van der Waals surface area (Å²) in [5.74, 6) is -0.637. The molecule has 3 rings (SSSR count). The van der Waals surface area contributed by atoms with E-state index >= 15 is 0 Å². The minimum absolute atomic E-state index is 0.131. The topological polar surface area (TPSA) is 71.2 Å². The number of amides is 1. The van der Waals surface area contributed by atoms with Gasteiger partial charge in [-0.15, -0.1) is 0 Å². The molecular weight excluding hydrogens is 364 g/mol. The maximum absolute atomic E-state index is 12.1. The Bertz CT molecular complexity index is 960. The lowest BCUT2D eigenvalue weighted by atomic mass is 10.1. The number of ether oxygens (including phenoxy) is 1. The summed E-state index contributed by atoms with van der Waals surface area (Å²) in [6, 6.07) is 16.1. The Hall–Kier alpha value is -3.08. The van der Waals surface area contributed by atoms with E-state index in [0.29, 0.717) is 12.8 Å². The summed E-state index contributed by atoms with van der Waals surface area (Å²) >= 11 is 0. The van der Waals surface area contributed by atoms with Crippen LogP contribution in [0.1, 0.15) is 49.4 Å². The van der Waals surface area contributed by atoms with Crippen molar-refractivity contribution in [2.45, 2.75) is 45.6 Å². The Morgan fingerprint density at radius 2 is 1.86 bits per heavy atom. The molecule has 29 heavy (non-hydrogen) atoms. The van der Waals surface area contributed by atoms with Gasteiger partial charge in [-0.05, 0) is 48.9 Å². The number of benzene rings is 2. The van der Waals surface area contributed by atoms with E-state index in [1.165, 1.54) is 16.5 Å². The van der Waals surface area contributed by atoms with Crippen molar-refractivity contribution in [3.8, 4) is 0 Å². The zero-order valence-electron chi connectivity index (χ0n) is 17.0. The van der Waals surface area contributed by atoms with Crippen LogP contribution < -0.4 is 5.32 Å². The third-order valence-electron chi connectivity index (χ3n) is 5.13. The molecule has 1 atom stereocenters. The number of nitrogens with one attached hydrogen (secondary N) is 2. The Kier molecular flexibility index (Phi) is 7.06. The van der Waals surface area contributed by atoms with Crippen LogP contribution in [0.25, 0.3) is 10.9 Å². The fourth-order valence-corrected chi connectivity index (χ4v) is 3.39. The van der Waals surface area contributed by atoms with Crippen molar-refractivity contribution < 1.29 is 14.3 Å². The maximum atomic E-state index is 12.1. The summed E-state index contributed by atoms with van der Waals surface area (Å²) in [4.78, 5) is 27.3. The summed E-state index contributed by atoms with van der Waals surface area (Å²) < 4.78 is 5.13. The summed E-state index contributed by atoms with van der Waals surface area (Å²) in [5, 5.41) is 4.05. The largest absolute Gasteiger partial charge is 0.456 e. The highest BCUT2D eigenvalue weighted by molar-refractivity contribution is 5.83. The third kappa shape index (κ3) is 5.70. The number of carbonyl (C=O) groups excluding carboxylic acids is 2. The summed E-state index contributed by atoms with van der Waals surface area (Å²) in [6.45, 7) is 3.78. The van der Waals surface area contributed by atoms with E-state index in [4.69, 9.17) is 4.74 Å². The van der Waals surface area contributed by atoms with Crippen molar-refractivity contribution >= 4 is 22.8 Å². The molecule has 0 saturated carbocycles. The van der Waals surface area contributed by atoms with Gasteiger partial charge in [-0.2, -0.15) is 0 Å². The average Bonchev–Trinajstić information content (AvgIpc) is 3.15. The molecule has 0 aliphatic carbocycles. The molecule has 0 spiro atoms. The van der Waals surface area contributed by atoms with Crippen molar-refractivity contribution in [2.24, 2.45) is 0 Å². The van der Waals surface area contributed by atoms with Crippen molar-refractivity contribution in [2.75, 3.05) is 6.61 Å². The zero-order valence-corrected chi connectivity index (χ0v) is 17.0. The second kappa shape index (κ2) is 9.92. The molecule has 1 amide bonds. The van der Waals surface area contributed by atoms with Gasteiger partial charge in [0.25, 0.3) is 5.91 Å². The lowest BCUT2D eigenvalue weighted by Crippen LogP contribution is -2.31. The van der Waals surface area contributed by atoms with Gasteiger partial charge < -0.3 is 15.0 Å². The number of rotatable bonds is 9. The Labute approximate surface area is 171 Å². The van der Waals surface area contributed by atoms with E-state index < -0.39 is 0 Å². The normalized spacial score (nSPS) is 11.9. The Balaban J connectivity index is 1.37. The van der Waals surface area contributed by atoms with Gasteiger partial charge in [0.2, 0.25) is 0 Å². The SMILES string of the molecule is CCc1ccc([C@@H](C)NC(=O)COC(=O)CCCc2c[nH]c3ccccc23)cc1. The van der Waals surface area contributed by atoms with Gasteiger partial charge in [-0.3, -0.25) is 9.59 Å². The number of aryl methyl sites for hydroxylation is 2. The van der Waals surface area contributed by atoms with Gasteiger partial charge >= 0.3 is 5.97 Å². The fraction of sp³-hybridized carbons (Fsp3) is 0.333. The molecule has 152 valence electrons. The van der Waals surface area contributed by atoms with Crippen molar-refractivity contribution in [1.29, 1.82) is 0 Å². The van der Waals surface area contributed by atoms with E-state index in [2.05, 4.69) is 35.4 Å². The van der Waals surface area contributed by atoms with Crippen LogP contribution in [0.3, 0.4) is 0 Å². The lowest BCUT2D eigenvalue weighted by Gasteiger charge is -2.15. The van der Waals surface area contributed by atoms with Crippen LogP contribution in [0.5, 0.6) is 0 Å². The molecular formula is C24H28N2O3. The standard InChI is InChI=1S/C24H28N2O3/c1-3-18-11-13-19(14-12-18)17(2)26-23(27)16-29-24(28)10-6-7-20-15-25-22-9-5-4-8-21(20)22/h4-5,8-9,11-15,17,25H,3,6-7,10,16H2,1-2H3,(H,26,27)/t17-/m1/s1. The summed E-state index contributed by atoms with van der Waals surface area (Å²) in [5.41, 5.74) is 4.57. The molecule has 0 radical (unpaired) electrons. The number of esters is 1. The second-order valence-corrected chi connectivity index (χ2v) is 7.26. The van der Waals surface area contributed by atoms with Crippen LogP contribution in [0.15, 0.2) is 54.7 Å². The highest BCUT2D eigenvalue weighted by Gasteiger charge is 2.12. The molecule has 5 nitrogen and oxygen atoms in total.